The van der Waals surface area contributed by atoms with Gasteiger partial charge in [-0.15, -0.1) is 0 Å². The van der Waals surface area contributed by atoms with Crippen LogP contribution in [0.3, 0.4) is 0 Å². The van der Waals surface area contributed by atoms with Gasteiger partial charge in [0.2, 0.25) is 0 Å². The topological polar surface area (TPSA) is 69.6 Å². The third-order valence-corrected chi connectivity index (χ3v) is 2.86. The van der Waals surface area contributed by atoms with Gasteiger partial charge >= 0.3 is 0 Å². The predicted molar refractivity (Wildman–Crippen MR) is 70.0 cm³/mol. The Morgan fingerprint density at radius 2 is 2.00 bits per heavy atom. The highest BCUT2D eigenvalue weighted by Gasteiger charge is 2.10. The van der Waals surface area contributed by atoms with Crippen LogP contribution in [0.25, 0.3) is 5.95 Å². The van der Waals surface area contributed by atoms with Crippen LogP contribution in [-0.4, -0.2) is 19.7 Å². The van der Waals surface area contributed by atoms with Crippen molar-refractivity contribution in [3.05, 3.63) is 28.1 Å². The third-order valence-electron chi connectivity index (χ3n) is 2.45. The van der Waals surface area contributed by atoms with Crippen molar-refractivity contribution in [2.24, 2.45) is 0 Å². The van der Waals surface area contributed by atoms with Crippen LogP contribution in [0.2, 0.25) is 0 Å². The van der Waals surface area contributed by atoms with E-state index >= 15 is 0 Å². The maximum Gasteiger partial charge on any atom is 0.253 e. The number of halogens is 1. The van der Waals surface area contributed by atoms with Gasteiger partial charge in [0, 0.05) is 11.8 Å². The quantitative estimate of drug-likeness (QED) is 0.881. The van der Waals surface area contributed by atoms with Gasteiger partial charge in [-0.05, 0) is 34.8 Å². The highest BCUT2D eigenvalue weighted by molar-refractivity contribution is 9.10. The van der Waals surface area contributed by atoms with E-state index in [2.05, 4.69) is 50.9 Å². The number of hydrogen-bond acceptors (Lipinski definition) is 4. The first-order valence-corrected chi connectivity index (χ1v) is 6.31. The van der Waals surface area contributed by atoms with Gasteiger partial charge in [0.05, 0.1) is 5.69 Å². The minimum Gasteiger partial charge on any atom is -0.383 e. The minimum absolute atomic E-state index is 0.428. The average molecular weight is 296 g/mol. The van der Waals surface area contributed by atoms with Crippen molar-refractivity contribution in [3.63, 3.8) is 0 Å². The molecule has 6 heteroatoms. The Kier molecular flexibility index (Phi) is 3.42. The number of aryl methyl sites for hydroxylation is 2. The lowest BCUT2D eigenvalue weighted by Crippen LogP contribution is -2.08. The molecule has 0 saturated heterocycles. The summed E-state index contributed by atoms with van der Waals surface area (Å²) in [4.78, 5) is 8.48. The first-order valence-electron chi connectivity index (χ1n) is 5.52. The fraction of sp³-hybridized carbons (Fsp3) is 0.364. The lowest BCUT2D eigenvalue weighted by Gasteiger charge is -2.04. The van der Waals surface area contributed by atoms with E-state index in [1.54, 1.807) is 10.7 Å². The van der Waals surface area contributed by atoms with Crippen LogP contribution in [0.1, 0.15) is 25.2 Å². The number of nitrogens with zero attached hydrogens (tertiary/aromatic N) is 4. The van der Waals surface area contributed by atoms with E-state index in [4.69, 9.17) is 5.73 Å². The Balaban J connectivity index is 2.54. The molecular weight excluding hydrogens is 282 g/mol. The molecular formula is C11H14BrN5. The Morgan fingerprint density at radius 1 is 1.24 bits per heavy atom. The van der Waals surface area contributed by atoms with Crippen LogP contribution >= 0.6 is 15.9 Å². The van der Waals surface area contributed by atoms with E-state index in [0.29, 0.717) is 16.4 Å². The summed E-state index contributed by atoms with van der Waals surface area (Å²) in [6.07, 6.45) is 1.77. The molecule has 0 unspecified atom stereocenters. The summed E-state index contributed by atoms with van der Waals surface area (Å²) in [7, 11) is 0. The van der Waals surface area contributed by atoms with Gasteiger partial charge in [0.25, 0.3) is 5.95 Å². The van der Waals surface area contributed by atoms with E-state index < -0.39 is 0 Å². The maximum atomic E-state index is 5.71. The molecule has 0 aromatic carbocycles. The van der Waals surface area contributed by atoms with Crippen molar-refractivity contribution in [2.75, 3.05) is 5.73 Å². The maximum absolute atomic E-state index is 5.71. The van der Waals surface area contributed by atoms with Gasteiger partial charge in [-0.25, -0.2) is 9.67 Å². The average Bonchev–Trinajstić information content (AvgIpc) is 2.70. The molecule has 2 heterocycles. The smallest absolute Gasteiger partial charge is 0.253 e. The number of hydrogen-bond donors (Lipinski definition) is 1. The van der Waals surface area contributed by atoms with Gasteiger partial charge in [-0.3, -0.25) is 0 Å². The van der Waals surface area contributed by atoms with E-state index in [9.17, 15) is 0 Å². The molecule has 5 nitrogen and oxygen atoms in total. The lowest BCUT2D eigenvalue weighted by atomic mass is 10.3. The van der Waals surface area contributed by atoms with Crippen LogP contribution < -0.4 is 5.73 Å². The van der Waals surface area contributed by atoms with Gasteiger partial charge < -0.3 is 5.73 Å². The molecule has 0 fully saturated rings. The molecule has 2 aromatic heterocycles. The summed E-state index contributed by atoms with van der Waals surface area (Å²) in [5.41, 5.74) is 7.82. The molecule has 0 atom stereocenters. The Labute approximate surface area is 108 Å². The second-order valence-corrected chi connectivity index (χ2v) is 4.47. The fourth-order valence-electron chi connectivity index (χ4n) is 1.59. The Morgan fingerprint density at radius 3 is 2.59 bits per heavy atom. The SMILES string of the molecule is CCc1cc(CC)n(-c2nc(N)cc(Br)n2)n1. The summed E-state index contributed by atoms with van der Waals surface area (Å²) in [6.45, 7) is 4.15. The van der Waals surface area contributed by atoms with Gasteiger partial charge in [0.1, 0.15) is 10.4 Å². The van der Waals surface area contributed by atoms with Crippen molar-refractivity contribution in [1.82, 2.24) is 19.7 Å². The van der Waals surface area contributed by atoms with Crippen molar-refractivity contribution >= 4 is 21.7 Å². The molecule has 0 spiro atoms. The van der Waals surface area contributed by atoms with E-state index in [1.807, 2.05) is 0 Å². The van der Waals surface area contributed by atoms with E-state index in [-0.39, 0.29) is 0 Å². The van der Waals surface area contributed by atoms with Crippen LogP contribution in [0.5, 0.6) is 0 Å². The number of nitrogen functional groups attached to an aromatic ring is 1. The van der Waals surface area contributed by atoms with E-state index in [1.165, 1.54) is 0 Å². The molecule has 0 saturated carbocycles. The molecule has 0 radical (unpaired) electrons. The number of nitrogens with two attached hydrogens (primary N) is 1. The number of rotatable bonds is 3. The molecule has 0 aliphatic heterocycles. The highest BCUT2D eigenvalue weighted by atomic mass is 79.9. The third kappa shape index (κ3) is 2.46. The fourth-order valence-corrected chi connectivity index (χ4v) is 1.98. The van der Waals surface area contributed by atoms with Gasteiger partial charge in [-0.1, -0.05) is 13.8 Å². The van der Waals surface area contributed by atoms with E-state index in [0.717, 1.165) is 24.2 Å². The molecule has 0 aliphatic carbocycles. The summed E-state index contributed by atoms with van der Waals surface area (Å²) in [6, 6.07) is 3.74. The van der Waals surface area contributed by atoms with Crippen molar-refractivity contribution < 1.29 is 0 Å². The Bertz CT molecular complexity index is 514. The normalized spacial score (nSPS) is 10.8. The molecule has 90 valence electrons. The highest BCUT2D eigenvalue weighted by Crippen LogP contribution is 2.15. The number of anilines is 1. The second kappa shape index (κ2) is 4.83. The van der Waals surface area contributed by atoms with Gasteiger partial charge in [-0.2, -0.15) is 10.1 Å². The first-order chi connectivity index (χ1) is 8.13. The zero-order valence-corrected chi connectivity index (χ0v) is 11.4. The summed E-state index contributed by atoms with van der Waals surface area (Å²) >= 11 is 3.31. The molecule has 2 aromatic rings. The zero-order chi connectivity index (χ0) is 12.4. The van der Waals surface area contributed by atoms with Crippen molar-refractivity contribution in [2.45, 2.75) is 26.7 Å². The van der Waals surface area contributed by atoms with Crippen LogP contribution in [0, 0.1) is 0 Å². The van der Waals surface area contributed by atoms with Crippen LogP contribution in [0.15, 0.2) is 16.7 Å². The molecule has 0 amide bonds. The molecule has 2 N–H and O–H groups in total. The largest absolute Gasteiger partial charge is 0.383 e. The molecule has 0 bridgehead atoms. The summed E-state index contributed by atoms with van der Waals surface area (Å²) in [5, 5.41) is 4.47. The van der Waals surface area contributed by atoms with Crippen molar-refractivity contribution in [3.8, 4) is 5.95 Å². The monoisotopic (exact) mass is 295 g/mol. The van der Waals surface area contributed by atoms with Crippen LogP contribution in [-0.2, 0) is 12.8 Å². The standard InChI is InChI=1S/C11H14BrN5/c1-3-7-5-8(4-2)17(16-7)11-14-9(12)6-10(13)15-11/h5-6H,3-4H2,1-2H3,(H2,13,14,15). The van der Waals surface area contributed by atoms with Gasteiger partial charge in [0.15, 0.2) is 0 Å². The molecule has 0 aliphatic rings. The second-order valence-electron chi connectivity index (χ2n) is 3.66. The Hall–Kier alpha value is -1.43. The zero-order valence-electron chi connectivity index (χ0n) is 9.81. The minimum atomic E-state index is 0.428. The predicted octanol–water partition coefficient (Wildman–Crippen LogP) is 2.13. The summed E-state index contributed by atoms with van der Waals surface area (Å²) < 4.78 is 2.41. The van der Waals surface area contributed by atoms with Crippen molar-refractivity contribution in [1.29, 1.82) is 0 Å². The number of aromatic nitrogens is 4. The molecule has 2 rings (SSSR count). The van der Waals surface area contributed by atoms with Crippen LogP contribution in [0.4, 0.5) is 5.82 Å². The first kappa shape index (κ1) is 12.0. The lowest BCUT2D eigenvalue weighted by molar-refractivity contribution is 0.745. The summed E-state index contributed by atoms with van der Waals surface area (Å²) in [5.74, 6) is 0.936. The molecule has 17 heavy (non-hydrogen) atoms.